The summed E-state index contributed by atoms with van der Waals surface area (Å²) in [6.45, 7) is -1.22. The topological polar surface area (TPSA) is 64.6 Å². The lowest BCUT2D eigenvalue weighted by atomic mass is 10.2. The fraction of sp³-hybridized carbons (Fsp3) is 0.333. The van der Waals surface area contributed by atoms with Crippen LogP contribution in [0.15, 0.2) is 30.3 Å². The van der Waals surface area contributed by atoms with E-state index in [1.54, 1.807) is 35.6 Å². The number of hydrogen-bond acceptors (Lipinski definition) is 4. The number of benzene rings is 1. The number of hydrogen-bond donors (Lipinski definition) is 1. The van der Waals surface area contributed by atoms with Crippen LogP contribution in [0.3, 0.4) is 0 Å². The number of nitrogens with one attached hydrogen (secondary N) is 1. The first kappa shape index (κ1) is 14.9. The van der Waals surface area contributed by atoms with Crippen molar-refractivity contribution in [2.75, 3.05) is 13.7 Å². The van der Waals surface area contributed by atoms with Gasteiger partial charge >= 0.3 is 18.0 Å². The molecule has 1 aromatic carbocycles. The molecule has 1 N–H and O–H groups in total. The molecular weight excluding hydrogens is 260 g/mol. The van der Waals surface area contributed by atoms with Gasteiger partial charge in [0.05, 0.1) is 13.7 Å². The summed E-state index contributed by atoms with van der Waals surface area (Å²) in [5.41, 5.74) is 0.720. The SMILES string of the molecule is COC(=O)C(F)(F)CNC(=O)OCc1ccccc1. The summed E-state index contributed by atoms with van der Waals surface area (Å²) < 4.78 is 34.6. The summed E-state index contributed by atoms with van der Waals surface area (Å²) in [5.74, 6) is -5.49. The highest BCUT2D eigenvalue weighted by Gasteiger charge is 2.40. The second-order valence-corrected chi connectivity index (χ2v) is 3.61. The monoisotopic (exact) mass is 273 g/mol. The molecule has 1 aromatic rings. The van der Waals surface area contributed by atoms with Crippen molar-refractivity contribution in [2.45, 2.75) is 12.5 Å². The number of halogens is 2. The standard InChI is InChI=1S/C12H13F2NO4/c1-18-10(16)12(13,14)8-15-11(17)19-7-9-5-3-2-4-6-9/h2-6H,7-8H2,1H3,(H,15,17). The summed E-state index contributed by atoms with van der Waals surface area (Å²) in [6.07, 6.45) is -1.03. The summed E-state index contributed by atoms with van der Waals surface area (Å²) in [6, 6.07) is 8.73. The maximum atomic E-state index is 13.0. The van der Waals surface area contributed by atoms with E-state index in [1.807, 2.05) is 0 Å². The van der Waals surface area contributed by atoms with Crippen LogP contribution in [0.4, 0.5) is 13.6 Å². The fourth-order valence-electron chi connectivity index (χ4n) is 1.18. The molecule has 7 heteroatoms. The normalized spacial score (nSPS) is 10.7. The molecule has 1 amide bonds. The Morgan fingerprint density at radius 1 is 1.26 bits per heavy atom. The highest BCUT2D eigenvalue weighted by atomic mass is 19.3. The highest BCUT2D eigenvalue weighted by molar-refractivity contribution is 5.78. The van der Waals surface area contributed by atoms with E-state index in [4.69, 9.17) is 4.74 Å². The molecule has 0 heterocycles. The number of alkyl halides is 2. The van der Waals surface area contributed by atoms with Crippen molar-refractivity contribution in [3.8, 4) is 0 Å². The van der Waals surface area contributed by atoms with E-state index in [-0.39, 0.29) is 6.61 Å². The fourth-order valence-corrected chi connectivity index (χ4v) is 1.18. The Kier molecular flexibility index (Phi) is 5.23. The molecule has 0 saturated carbocycles. The lowest BCUT2D eigenvalue weighted by molar-refractivity contribution is -0.167. The number of methoxy groups -OCH3 is 1. The highest BCUT2D eigenvalue weighted by Crippen LogP contribution is 2.13. The van der Waals surface area contributed by atoms with Crippen molar-refractivity contribution in [1.82, 2.24) is 5.32 Å². The average Bonchev–Trinajstić information content (AvgIpc) is 2.43. The lowest BCUT2D eigenvalue weighted by Gasteiger charge is -2.14. The predicted octanol–water partition coefficient (Wildman–Crippen LogP) is 1.72. The first-order valence-electron chi connectivity index (χ1n) is 5.36. The van der Waals surface area contributed by atoms with Crippen LogP contribution < -0.4 is 5.32 Å². The van der Waals surface area contributed by atoms with Gasteiger partial charge in [0.1, 0.15) is 6.61 Å². The number of carbonyl (C=O) groups is 2. The maximum absolute atomic E-state index is 13.0. The van der Waals surface area contributed by atoms with E-state index in [9.17, 15) is 18.4 Å². The van der Waals surface area contributed by atoms with E-state index >= 15 is 0 Å². The van der Waals surface area contributed by atoms with E-state index in [0.717, 1.165) is 12.7 Å². The maximum Gasteiger partial charge on any atom is 0.407 e. The molecule has 104 valence electrons. The van der Waals surface area contributed by atoms with Gasteiger partial charge in [0.2, 0.25) is 0 Å². The molecule has 0 aromatic heterocycles. The predicted molar refractivity (Wildman–Crippen MR) is 61.6 cm³/mol. The third-order valence-corrected chi connectivity index (χ3v) is 2.15. The molecule has 0 fully saturated rings. The zero-order valence-corrected chi connectivity index (χ0v) is 10.2. The Bertz CT molecular complexity index is 437. The molecule has 0 aliphatic rings. The molecule has 0 aliphatic carbocycles. The molecular formula is C12H13F2NO4. The number of alkyl carbamates (subject to hydrolysis) is 1. The minimum absolute atomic E-state index is 0.0452. The van der Waals surface area contributed by atoms with Crippen LogP contribution in [0, 0.1) is 0 Å². The third kappa shape index (κ3) is 4.90. The van der Waals surface area contributed by atoms with Gasteiger partial charge in [0, 0.05) is 0 Å². The van der Waals surface area contributed by atoms with Gasteiger partial charge in [-0.25, -0.2) is 9.59 Å². The van der Waals surface area contributed by atoms with Gasteiger partial charge in [0.25, 0.3) is 0 Å². The van der Waals surface area contributed by atoms with E-state index in [1.165, 1.54) is 0 Å². The molecule has 0 radical (unpaired) electrons. The molecule has 0 aliphatic heterocycles. The Labute approximate surface area is 108 Å². The molecule has 1 rings (SSSR count). The zero-order valence-electron chi connectivity index (χ0n) is 10.2. The Morgan fingerprint density at radius 2 is 1.89 bits per heavy atom. The summed E-state index contributed by atoms with van der Waals surface area (Å²) >= 11 is 0. The molecule has 0 bridgehead atoms. The van der Waals surface area contributed by atoms with E-state index < -0.39 is 24.5 Å². The van der Waals surface area contributed by atoms with Gasteiger partial charge in [-0.1, -0.05) is 30.3 Å². The molecule has 19 heavy (non-hydrogen) atoms. The van der Waals surface area contributed by atoms with Crippen molar-refractivity contribution in [3.05, 3.63) is 35.9 Å². The van der Waals surface area contributed by atoms with Gasteiger partial charge in [0.15, 0.2) is 0 Å². The second kappa shape index (κ2) is 6.67. The van der Waals surface area contributed by atoms with E-state index in [0.29, 0.717) is 0 Å². The number of rotatable bonds is 5. The second-order valence-electron chi connectivity index (χ2n) is 3.61. The van der Waals surface area contributed by atoms with Crippen molar-refractivity contribution >= 4 is 12.1 Å². The van der Waals surface area contributed by atoms with Crippen LogP contribution in [0.1, 0.15) is 5.56 Å². The van der Waals surface area contributed by atoms with Crippen LogP contribution in [-0.4, -0.2) is 31.6 Å². The van der Waals surface area contributed by atoms with Crippen LogP contribution in [0.25, 0.3) is 0 Å². The molecule has 0 saturated heterocycles. The number of esters is 1. The van der Waals surface area contributed by atoms with Crippen LogP contribution in [0.5, 0.6) is 0 Å². The summed E-state index contributed by atoms with van der Waals surface area (Å²) in [7, 11) is 0.837. The number of amides is 1. The van der Waals surface area contributed by atoms with Gasteiger partial charge in [-0.15, -0.1) is 0 Å². The van der Waals surface area contributed by atoms with Crippen molar-refractivity contribution in [2.24, 2.45) is 0 Å². The summed E-state index contributed by atoms with van der Waals surface area (Å²) in [4.78, 5) is 21.8. The molecule has 0 atom stereocenters. The van der Waals surface area contributed by atoms with E-state index in [2.05, 4.69) is 4.74 Å². The van der Waals surface area contributed by atoms with Crippen molar-refractivity contribution in [3.63, 3.8) is 0 Å². The molecule has 0 spiro atoms. The van der Waals surface area contributed by atoms with Crippen molar-refractivity contribution < 1.29 is 27.8 Å². The smallest absolute Gasteiger partial charge is 0.407 e. The third-order valence-electron chi connectivity index (χ3n) is 2.15. The average molecular weight is 273 g/mol. The van der Waals surface area contributed by atoms with Crippen LogP contribution >= 0.6 is 0 Å². The van der Waals surface area contributed by atoms with Gasteiger partial charge in [-0.2, -0.15) is 8.78 Å². The quantitative estimate of drug-likeness (QED) is 0.830. The minimum Gasteiger partial charge on any atom is -0.465 e. The molecule has 0 unspecified atom stereocenters. The molecule has 5 nitrogen and oxygen atoms in total. The van der Waals surface area contributed by atoms with Gasteiger partial charge < -0.3 is 14.8 Å². The first-order chi connectivity index (χ1) is 8.95. The Balaban J connectivity index is 2.34. The number of carbonyl (C=O) groups excluding carboxylic acids is 2. The minimum atomic E-state index is -3.78. The van der Waals surface area contributed by atoms with Crippen LogP contribution in [0.2, 0.25) is 0 Å². The lowest BCUT2D eigenvalue weighted by Crippen LogP contribution is -2.43. The first-order valence-corrected chi connectivity index (χ1v) is 5.36. The van der Waals surface area contributed by atoms with Gasteiger partial charge in [-0.05, 0) is 5.56 Å². The van der Waals surface area contributed by atoms with Crippen molar-refractivity contribution in [1.29, 1.82) is 0 Å². The zero-order chi connectivity index (χ0) is 14.3. The number of ether oxygens (including phenoxy) is 2. The van der Waals surface area contributed by atoms with Gasteiger partial charge in [-0.3, -0.25) is 0 Å². The summed E-state index contributed by atoms with van der Waals surface area (Å²) in [5, 5.41) is 1.80. The van der Waals surface area contributed by atoms with Crippen LogP contribution in [-0.2, 0) is 20.9 Å². The Hall–Kier alpha value is -2.18. The Morgan fingerprint density at radius 3 is 2.47 bits per heavy atom. The largest absolute Gasteiger partial charge is 0.465 e.